The number of imide groups is 1. The zero-order valence-electron chi connectivity index (χ0n) is 16.3. The summed E-state index contributed by atoms with van der Waals surface area (Å²) in [5.41, 5.74) is 1.31. The van der Waals surface area contributed by atoms with E-state index in [-0.39, 0.29) is 39.8 Å². The van der Waals surface area contributed by atoms with E-state index in [2.05, 4.69) is 4.72 Å². The van der Waals surface area contributed by atoms with Crippen LogP contribution in [0, 0.1) is 0 Å². The first kappa shape index (κ1) is 22.4. The van der Waals surface area contributed by atoms with Crippen LogP contribution in [0.1, 0.15) is 11.1 Å². The number of aliphatic carboxylic acids is 1. The number of sulfonamides is 1. The number of carbonyl (C=O) groups is 3. The lowest BCUT2D eigenvalue weighted by molar-refractivity contribution is -0.131. The summed E-state index contributed by atoms with van der Waals surface area (Å²) in [5.74, 6) is -1.20. The Bertz CT molecular complexity index is 1140. The van der Waals surface area contributed by atoms with E-state index in [0.717, 1.165) is 22.7 Å². The first-order valence-electron chi connectivity index (χ1n) is 8.87. The zero-order valence-corrected chi connectivity index (χ0v) is 17.9. The summed E-state index contributed by atoms with van der Waals surface area (Å²) in [6.07, 6.45) is 2.17. The number of hydrogen-bond acceptors (Lipinski definition) is 7. The van der Waals surface area contributed by atoms with Gasteiger partial charge in [-0.3, -0.25) is 19.2 Å². The molecule has 0 spiro atoms. The zero-order chi connectivity index (χ0) is 22.6. The van der Waals surface area contributed by atoms with Gasteiger partial charge in [-0.2, -0.15) is 0 Å². The Morgan fingerprint density at radius 3 is 2.52 bits per heavy atom. The van der Waals surface area contributed by atoms with Gasteiger partial charge in [-0.25, -0.2) is 13.2 Å². The van der Waals surface area contributed by atoms with Crippen molar-refractivity contribution in [3.63, 3.8) is 0 Å². The molecule has 1 saturated heterocycles. The summed E-state index contributed by atoms with van der Waals surface area (Å²) < 4.78 is 33.4. The van der Waals surface area contributed by atoms with Crippen molar-refractivity contribution in [2.75, 3.05) is 17.6 Å². The van der Waals surface area contributed by atoms with Crippen LogP contribution in [0.2, 0.25) is 0 Å². The van der Waals surface area contributed by atoms with Crippen LogP contribution in [-0.2, 0) is 26.2 Å². The van der Waals surface area contributed by atoms with Crippen molar-refractivity contribution in [1.82, 2.24) is 4.90 Å². The lowest BCUT2D eigenvalue weighted by Crippen LogP contribution is -2.27. The molecule has 11 heteroatoms. The largest absolute Gasteiger partial charge is 0.495 e. The third-order valence-corrected chi connectivity index (χ3v) is 6.54. The Morgan fingerprint density at radius 1 is 1.23 bits per heavy atom. The Balaban J connectivity index is 1.80. The molecule has 9 nitrogen and oxygen atoms in total. The summed E-state index contributed by atoms with van der Waals surface area (Å²) in [7, 11) is -2.72. The molecule has 0 unspecified atom stereocenters. The minimum absolute atomic E-state index is 0.0974. The molecule has 0 atom stereocenters. The molecule has 3 rings (SSSR count). The van der Waals surface area contributed by atoms with E-state index in [4.69, 9.17) is 9.84 Å². The highest BCUT2D eigenvalue weighted by Crippen LogP contribution is 2.28. The van der Waals surface area contributed by atoms with Gasteiger partial charge in [-0.1, -0.05) is 30.0 Å². The second-order valence-corrected chi connectivity index (χ2v) is 9.00. The van der Waals surface area contributed by atoms with Gasteiger partial charge in [0.1, 0.15) is 10.6 Å². The average molecular weight is 463 g/mol. The van der Waals surface area contributed by atoms with E-state index in [1.807, 2.05) is 0 Å². The lowest BCUT2D eigenvalue weighted by atomic mass is 10.2. The maximum Gasteiger partial charge on any atom is 0.328 e. The molecule has 0 aliphatic carbocycles. The van der Waals surface area contributed by atoms with Gasteiger partial charge in [0.05, 0.1) is 19.4 Å². The molecule has 31 heavy (non-hydrogen) atoms. The van der Waals surface area contributed by atoms with Crippen molar-refractivity contribution in [2.24, 2.45) is 0 Å². The quantitative estimate of drug-likeness (QED) is 0.573. The highest BCUT2D eigenvalue weighted by Gasteiger charge is 2.29. The predicted molar refractivity (Wildman–Crippen MR) is 115 cm³/mol. The van der Waals surface area contributed by atoms with Crippen molar-refractivity contribution >= 4 is 50.7 Å². The van der Waals surface area contributed by atoms with Crippen molar-refractivity contribution in [1.29, 1.82) is 0 Å². The molecule has 0 radical (unpaired) electrons. The molecule has 162 valence electrons. The summed E-state index contributed by atoms with van der Waals surface area (Å²) in [6, 6.07) is 10.5. The van der Waals surface area contributed by atoms with Gasteiger partial charge in [0, 0.05) is 11.8 Å². The number of thioether (sulfide) groups is 1. The van der Waals surface area contributed by atoms with Crippen LogP contribution in [0.15, 0.2) is 53.4 Å². The molecule has 2 aromatic carbocycles. The number of carboxylic acids is 1. The maximum atomic E-state index is 12.9. The van der Waals surface area contributed by atoms with Crippen LogP contribution in [0.25, 0.3) is 6.08 Å². The molecule has 1 fully saturated rings. The lowest BCUT2D eigenvalue weighted by Gasteiger charge is -2.14. The van der Waals surface area contributed by atoms with Crippen LogP contribution in [0.3, 0.4) is 0 Å². The van der Waals surface area contributed by atoms with Crippen LogP contribution in [0.4, 0.5) is 10.5 Å². The summed E-state index contributed by atoms with van der Waals surface area (Å²) in [4.78, 5) is 35.1. The minimum atomic E-state index is -4.05. The Labute approximate surface area is 182 Å². The number of carbonyl (C=O) groups excluding carboxylic acids is 2. The monoisotopic (exact) mass is 462 g/mol. The van der Waals surface area contributed by atoms with Crippen LogP contribution >= 0.6 is 11.8 Å². The van der Waals surface area contributed by atoms with Crippen molar-refractivity contribution < 1.29 is 32.6 Å². The molecule has 2 aromatic rings. The summed E-state index contributed by atoms with van der Waals surface area (Å²) in [6.45, 7) is 0.115. The number of nitrogens with zero attached hydrogens (tertiary/aromatic N) is 1. The van der Waals surface area contributed by atoms with Crippen LogP contribution in [0.5, 0.6) is 5.75 Å². The third-order valence-electron chi connectivity index (χ3n) is 4.28. The number of anilines is 1. The standard InChI is InChI=1S/C20H18N2O7S2/c1-29-16-8-4-13(5-9-19(24)25)10-17(16)31(27,28)21-15-6-2-14(3-7-15)11-22-18(23)12-30-20(22)26/h2-10,21H,11-12H2,1H3,(H,24,25)/b9-5+. The molecule has 2 N–H and O–H groups in total. The Morgan fingerprint density at radius 2 is 1.94 bits per heavy atom. The molecule has 1 aliphatic heterocycles. The average Bonchev–Trinajstić information content (AvgIpc) is 3.05. The van der Waals surface area contributed by atoms with Gasteiger partial charge in [-0.15, -0.1) is 0 Å². The highest BCUT2D eigenvalue weighted by atomic mass is 32.2. The van der Waals surface area contributed by atoms with E-state index in [1.54, 1.807) is 12.1 Å². The number of rotatable bonds is 8. The molecule has 1 aliphatic rings. The van der Waals surface area contributed by atoms with Gasteiger partial charge < -0.3 is 9.84 Å². The Kier molecular flexibility index (Phi) is 6.66. The van der Waals surface area contributed by atoms with Gasteiger partial charge in [0.25, 0.3) is 15.3 Å². The first-order chi connectivity index (χ1) is 14.7. The minimum Gasteiger partial charge on any atom is -0.495 e. The molecule has 1 heterocycles. The molecular formula is C20H18N2O7S2. The molecule has 0 bridgehead atoms. The van der Waals surface area contributed by atoms with E-state index in [9.17, 15) is 22.8 Å². The van der Waals surface area contributed by atoms with Crippen molar-refractivity contribution in [3.05, 3.63) is 59.7 Å². The SMILES string of the molecule is COc1ccc(/C=C/C(=O)O)cc1S(=O)(=O)Nc1ccc(CN2C(=O)CSC2=O)cc1. The number of amides is 2. The topological polar surface area (TPSA) is 130 Å². The summed E-state index contributed by atoms with van der Waals surface area (Å²) in [5, 5.41) is 8.45. The van der Waals surface area contributed by atoms with Crippen LogP contribution in [-0.4, -0.2) is 48.4 Å². The molecule has 0 saturated carbocycles. The fraction of sp³-hybridized carbons (Fsp3) is 0.150. The van der Waals surface area contributed by atoms with Gasteiger partial charge in [0.2, 0.25) is 5.91 Å². The molecule has 0 aromatic heterocycles. The van der Waals surface area contributed by atoms with E-state index in [0.29, 0.717) is 11.1 Å². The number of nitrogens with one attached hydrogen (secondary N) is 1. The molecular weight excluding hydrogens is 444 g/mol. The predicted octanol–water partition coefficient (Wildman–Crippen LogP) is 2.79. The van der Waals surface area contributed by atoms with Gasteiger partial charge >= 0.3 is 5.97 Å². The molecule has 2 amide bonds. The van der Waals surface area contributed by atoms with Crippen LogP contribution < -0.4 is 9.46 Å². The maximum absolute atomic E-state index is 12.9. The number of benzene rings is 2. The second kappa shape index (κ2) is 9.23. The fourth-order valence-corrected chi connectivity index (χ4v) is 4.77. The fourth-order valence-electron chi connectivity index (χ4n) is 2.78. The van der Waals surface area contributed by atoms with Crippen molar-refractivity contribution in [3.8, 4) is 5.75 Å². The number of hydrogen-bond donors (Lipinski definition) is 2. The van der Waals surface area contributed by atoms with E-state index >= 15 is 0 Å². The van der Waals surface area contributed by atoms with Crippen molar-refractivity contribution in [2.45, 2.75) is 11.4 Å². The van der Waals surface area contributed by atoms with E-state index in [1.165, 1.54) is 43.5 Å². The van der Waals surface area contributed by atoms with Gasteiger partial charge in [0.15, 0.2) is 0 Å². The summed E-state index contributed by atoms with van der Waals surface area (Å²) >= 11 is 0.948. The normalized spacial score (nSPS) is 14.3. The highest BCUT2D eigenvalue weighted by molar-refractivity contribution is 8.14. The Hall–Kier alpha value is -3.31. The number of carboxylic acid groups (broad SMARTS) is 1. The number of ether oxygens (including phenoxy) is 1. The number of methoxy groups -OCH3 is 1. The second-order valence-electron chi connectivity index (χ2n) is 6.42. The third kappa shape index (κ3) is 5.44. The van der Waals surface area contributed by atoms with E-state index < -0.39 is 16.0 Å². The van der Waals surface area contributed by atoms with Gasteiger partial charge in [-0.05, 0) is 41.5 Å². The first-order valence-corrected chi connectivity index (χ1v) is 11.3. The smallest absolute Gasteiger partial charge is 0.328 e.